The van der Waals surface area contributed by atoms with E-state index in [4.69, 9.17) is 9.47 Å². The second-order valence-corrected chi connectivity index (χ2v) is 3.64. The largest absolute Gasteiger partial charge is 1.00 e. The monoisotopic (exact) mass is 198 g/mol. The number of hydrogen-bond donors (Lipinski definition) is 0. The Hall–Kier alpha value is -0.423. The van der Waals surface area contributed by atoms with Gasteiger partial charge in [0, 0.05) is 12.2 Å². The zero-order chi connectivity index (χ0) is 9.80. The van der Waals surface area contributed by atoms with Gasteiger partial charge in [0.2, 0.25) is 0 Å². The maximum Gasteiger partial charge on any atom is 1.00 e. The number of rotatable bonds is 2. The molecule has 0 bridgehead atoms. The summed E-state index contributed by atoms with van der Waals surface area (Å²) in [6.07, 6.45) is 3.26. The molecule has 3 heteroatoms. The van der Waals surface area contributed by atoms with Gasteiger partial charge in [0.05, 0.1) is 6.61 Å². The van der Waals surface area contributed by atoms with Crippen LogP contribution in [0.2, 0.25) is 0 Å². The minimum Gasteiger partial charge on any atom is -0.491 e. The predicted molar refractivity (Wildman–Crippen MR) is 54.2 cm³/mol. The topological polar surface area (TPSA) is 18.5 Å². The first-order valence-electron chi connectivity index (χ1n) is 5.11. The van der Waals surface area contributed by atoms with Crippen LogP contribution in [0.5, 0.6) is 5.75 Å². The molecule has 1 aromatic carbocycles. The van der Waals surface area contributed by atoms with E-state index in [9.17, 15) is 0 Å². The molecule has 1 heterocycles. The number of benzene rings is 1. The molecule has 1 aliphatic rings. The number of aryl methyl sites for hydroxylation is 1. The van der Waals surface area contributed by atoms with E-state index in [1.165, 1.54) is 12.0 Å². The van der Waals surface area contributed by atoms with Crippen LogP contribution >= 0.6 is 0 Å². The average molecular weight is 198 g/mol. The van der Waals surface area contributed by atoms with Gasteiger partial charge in [0.1, 0.15) is 0 Å². The summed E-state index contributed by atoms with van der Waals surface area (Å²) in [7, 11) is 0. The Labute approximate surface area is 103 Å². The fourth-order valence-corrected chi connectivity index (χ4v) is 1.51. The molecule has 1 unspecified atom stereocenters. The van der Waals surface area contributed by atoms with Crippen molar-refractivity contribution >= 4 is 0 Å². The maximum atomic E-state index is 5.63. The molecule has 0 saturated carbocycles. The first-order chi connectivity index (χ1) is 6.84. The molecule has 0 radical (unpaired) electrons. The normalized spacial score (nSPS) is 20.5. The zero-order valence-electron chi connectivity index (χ0n) is 9.45. The van der Waals surface area contributed by atoms with E-state index in [0.717, 1.165) is 25.2 Å². The minimum absolute atomic E-state index is 0. The van der Waals surface area contributed by atoms with E-state index in [-0.39, 0.29) is 25.2 Å². The fourth-order valence-electron chi connectivity index (χ4n) is 1.51. The quantitative estimate of drug-likeness (QED) is 0.480. The fraction of sp³-hybridized carbons (Fsp3) is 0.500. The average Bonchev–Trinajstić information content (AvgIpc) is 2.23. The van der Waals surface area contributed by atoms with Crippen molar-refractivity contribution in [2.45, 2.75) is 32.5 Å². The molecule has 1 aromatic rings. The van der Waals surface area contributed by atoms with E-state index in [2.05, 4.69) is 6.07 Å². The summed E-state index contributed by atoms with van der Waals surface area (Å²) in [4.78, 5) is 0. The summed E-state index contributed by atoms with van der Waals surface area (Å²) >= 11 is 0. The molecule has 0 N–H and O–H groups in total. The van der Waals surface area contributed by atoms with Crippen LogP contribution in [0.25, 0.3) is 0 Å². The van der Waals surface area contributed by atoms with Crippen LogP contribution in [0.1, 0.15) is 24.8 Å². The summed E-state index contributed by atoms with van der Waals surface area (Å²) < 4.78 is 11.1. The van der Waals surface area contributed by atoms with Gasteiger partial charge in [-0.1, -0.05) is 6.92 Å². The smallest absolute Gasteiger partial charge is 0.491 e. The Morgan fingerprint density at radius 1 is 1.40 bits per heavy atom. The first-order valence-corrected chi connectivity index (χ1v) is 5.11. The summed E-state index contributed by atoms with van der Waals surface area (Å²) in [6, 6.07) is 8.97. The Balaban J connectivity index is 0.00000112. The van der Waals surface area contributed by atoms with Crippen molar-refractivity contribution in [1.29, 1.82) is 0 Å². The molecule has 1 aliphatic heterocycles. The number of hydrogen-bond acceptors (Lipinski definition) is 2. The predicted octanol–water partition coefficient (Wildman–Crippen LogP) is -0.295. The third-order valence-corrected chi connectivity index (χ3v) is 2.34. The summed E-state index contributed by atoms with van der Waals surface area (Å²) in [5, 5.41) is 0. The molecule has 0 aromatic heterocycles. The van der Waals surface area contributed by atoms with Gasteiger partial charge >= 0.3 is 18.9 Å². The van der Waals surface area contributed by atoms with E-state index in [0.29, 0.717) is 0 Å². The van der Waals surface area contributed by atoms with Crippen LogP contribution in [-0.2, 0) is 4.74 Å². The van der Waals surface area contributed by atoms with Crippen molar-refractivity contribution in [3.05, 3.63) is 29.8 Å². The first kappa shape index (κ1) is 12.6. The van der Waals surface area contributed by atoms with Gasteiger partial charge in [0.15, 0.2) is 6.29 Å². The van der Waals surface area contributed by atoms with Gasteiger partial charge in [-0.15, -0.1) is 12.1 Å². The summed E-state index contributed by atoms with van der Waals surface area (Å²) in [6.45, 7) is 2.86. The van der Waals surface area contributed by atoms with Gasteiger partial charge in [-0.2, -0.15) is 17.7 Å². The molecule has 2 nitrogen and oxygen atoms in total. The number of ether oxygens (including phenoxy) is 2. The minimum atomic E-state index is -0.0669. The van der Waals surface area contributed by atoms with Gasteiger partial charge in [-0.25, -0.2) is 0 Å². The third kappa shape index (κ3) is 3.91. The van der Waals surface area contributed by atoms with Gasteiger partial charge in [0.25, 0.3) is 0 Å². The SMILES string of the molecule is Cc1c[c-]c(OC2CCCCO2)cc1.[Li+]. The Morgan fingerprint density at radius 2 is 2.27 bits per heavy atom. The molecule has 15 heavy (non-hydrogen) atoms. The van der Waals surface area contributed by atoms with Crippen LogP contribution in [0.4, 0.5) is 0 Å². The summed E-state index contributed by atoms with van der Waals surface area (Å²) in [5.41, 5.74) is 1.20. The molecule has 2 rings (SSSR count). The molecular weight excluding hydrogens is 183 g/mol. The van der Waals surface area contributed by atoms with Crippen LogP contribution in [0, 0.1) is 13.0 Å². The van der Waals surface area contributed by atoms with Crippen LogP contribution in [-0.4, -0.2) is 12.9 Å². The van der Waals surface area contributed by atoms with Crippen LogP contribution in [0.3, 0.4) is 0 Å². The van der Waals surface area contributed by atoms with E-state index >= 15 is 0 Å². The van der Waals surface area contributed by atoms with Gasteiger partial charge in [-0.05, 0) is 12.8 Å². The standard InChI is InChI=1S/C12H15O2.Li/c1-10-5-7-11(8-6-10)14-12-4-2-3-9-13-12;/h5-7,12H,2-4,9H2,1H3;/q-1;+1. The second-order valence-electron chi connectivity index (χ2n) is 3.64. The van der Waals surface area contributed by atoms with Crippen molar-refractivity contribution in [2.24, 2.45) is 0 Å². The van der Waals surface area contributed by atoms with Crippen molar-refractivity contribution in [3.8, 4) is 5.75 Å². The van der Waals surface area contributed by atoms with Crippen LogP contribution in [0.15, 0.2) is 18.2 Å². The Kier molecular flexibility index (Phi) is 5.25. The zero-order valence-corrected chi connectivity index (χ0v) is 9.45. The van der Waals surface area contributed by atoms with E-state index in [1.54, 1.807) is 0 Å². The van der Waals surface area contributed by atoms with E-state index in [1.807, 2.05) is 25.1 Å². The van der Waals surface area contributed by atoms with Gasteiger partial charge < -0.3 is 9.47 Å². The Bertz CT molecular complexity index is 278. The van der Waals surface area contributed by atoms with Crippen molar-refractivity contribution < 1.29 is 28.3 Å². The van der Waals surface area contributed by atoms with Crippen LogP contribution < -0.4 is 23.6 Å². The molecule has 1 saturated heterocycles. The van der Waals surface area contributed by atoms with E-state index < -0.39 is 0 Å². The van der Waals surface area contributed by atoms with Crippen molar-refractivity contribution in [2.75, 3.05) is 6.61 Å². The second kappa shape index (κ2) is 6.22. The molecule has 0 spiro atoms. The maximum absolute atomic E-state index is 5.63. The molecule has 0 amide bonds. The molecule has 0 aliphatic carbocycles. The summed E-state index contributed by atoms with van der Waals surface area (Å²) in [5.74, 6) is 0.780. The van der Waals surface area contributed by atoms with Gasteiger partial charge in [-0.3, -0.25) is 0 Å². The molecule has 1 fully saturated rings. The van der Waals surface area contributed by atoms with Crippen molar-refractivity contribution in [3.63, 3.8) is 0 Å². The molecule has 76 valence electrons. The van der Waals surface area contributed by atoms with Crippen molar-refractivity contribution in [1.82, 2.24) is 0 Å². The molecule has 1 atom stereocenters. The molecular formula is C12H15LiO2. The Morgan fingerprint density at radius 3 is 2.87 bits per heavy atom. The third-order valence-electron chi connectivity index (χ3n) is 2.34.